The van der Waals surface area contributed by atoms with Crippen LogP contribution in [0.3, 0.4) is 0 Å². The Morgan fingerprint density at radius 2 is 2.04 bits per heavy atom. The molecule has 1 aromatic rings. The Morgan fingerprint density at radius 3 is 2.61 bits per heavy atom. The molecule has 3 aliphatic rings. The largest absolute Gasteiger partial charge is 0.481 e. The molecule has 1 saturated heterocycles. The first-order chi connectivity index (χ1) is 11.0. The molecule has 2 saturated carbocycles. The first kappa shape index (κ1) is 15.2. The van der Waals surface area contributed by atoms with Crippen molar-refractivity contribution in [2.45, 2.75) is 57.4 Å². The van der Waals surface area contributed by atoms with Gasteiger partial charge >= 0.3 is 5.97 Å². The summed E-state index contributed by atoms with van der Waals surface area (Å²) < 4.78 is 1.97. The fraction of sp³-hybridized carbons (Fsp3) is 0.778. The fourth-order valence-corrected chi connectivity index (χ4v) is 4.70. The predicted octanol–water partition coefficient (Wildman–Crippen LogP) is 2.76. The molecule has 1 aromatic heterocycles. The van der Waals surface area contributed by atoms with Gasteiger partial charge in [0.1, 0.15) is 0 Å². The molecule has 3 fully saturated rings. The molecule has 2 heterocycles. The van der Waals surface area contributed by atoms with E-state index < -0.39 is 5.97 Å². The lowest BCUT2D eigenvalue weighted by molar-refractivity contribution is -0.152. The maximum atomic E-state index is 11.0. The van der Waals surface area contributed by atoms with E-state index in [2.05, 4.69) is 11.1 Å². The van der Waals surface area contributed by atoms with Crippen LogP contribution in [0, 0.1) is 11.3 Å². The maximum absolute atomic E-state index is 11.0. The van der Waals surface area contributed by atoms with Crippen molar-refractivity contribution in [3.63, 3.8) is 0 Å². The van der Waals surface area contributed by atoms with Gasteiger partial charge in [-0.2, -0.15) is 5.10 Å². The topological polar surface area (TPSA) is 58.4 Å². The molecule has 1 aliphatic heterocycles. The summed E-state index contributed by atoms with van der Waals surface area (Å²) in [5, 5.41) is 13.8. The van der Waals surface area contributed by atoms with Crippen LogP contribution < -0.4 is 0 Å². The standard InChI is InChI=1S/C18H27N3O2/c1-20-11-15(16(19-20)13-3-2-4-13)12-21-7-5-18(6-8-21)9-14(10-18)17(22)23/h11,13-14H,2-10,12H2,1H3,(H,22,23). The Balaban J connectivity index is 1.34. The lowest BCUT2D eigenvalue weighted by Crippen LogP contribution is -2.48. The number of carbonyl (C=O) groups is 1. The number of aliphatic carboxylic acids is 1. The minimum atomic E-state index is -0.599. The van der Waals surface area contributed by atoms with Gasteiger partial charge in [-0.15, -0.1) is 0 Å². The van der Waals surface area contributed by atoms with Crippen molar-refractivity contribution >= 4 is 5.97 Å². The highest BCUT2D eigenvalue weighted by molar-refractivity contribution is 5.71. The quantitative estimate of drug-likeness (QED) is 0.927. The zero-order valence-electron chi connectivity index (χ0n) is 14.0. The number of hydrogen-bond acceptors (Lipinski definition) is 3. The van der Waals surface area contributed by atoms with Gasteiger partial charge in [0.25, 0.3) is 0 Å². The molecule has 2 aliphatic carbocycles. The van der Waals surface area contributed by atoms with Crippen LogP contribution in [-0.2, 0) is 18.4 Å². The lowest BCUT2D eigenvalue weighted by atomic mass is 9.57. The van der Waals surface area contributed by atoms with Crippen LogP contribution in [0.5, 0.6) is 0 Å². The summed E-state index contributed by atoms with van der Waals surface area (Å²) in [7, 11) is 2.03. The molecule has 5 nitrogen and oxygen atoms in total. The molecule has 0 bridgehead atoms. The van der Waals surface area contributed by atoms with Crippen molar-refractivity contribution in [3.05, 3.63) is 17.5 Å². The van der Waals surface area contributed by atoms with Gasteiger partial charge in [0.05, 0.1) is 11.6 Å². The number of carboxylic acid groups (broad SMARTS) is 1. The van der Waals surface area contributed by atoms with E-state index in [0.717, 1.165) is 45.3 Å². The first-order valence-electron chi connectivity index (χ1n) is 9.02. The molecule has 5 heteroatoms. The van der Waals surface area contributed by atoms with E-state index in [4.69, 9.17) is 10.2 Å². The molecule has 1 N–H and O–H groups in total. The van der Waals surface area contributed by atoms with E-state index in [-0.39, 0.29) is 5.92 Å². The van der Waals surface area contributed by atoms with Crippen molar-refractivity contribution in [2.24, 2.45) is 18.4 Å². The SMILES string of the molecule is Cn1cc(CN2CCC3(CC2)CC(C(=O)O)C3)c(C2CCC2)n1. The molecule has 126 valence electrons. The zero-order valence-corrected chi connectivity index (χ0v) is 14.0. The lowest BCUT2D eigenvalue weighted by Gasteiger charge is -2.51. The molecule has 1 spiro atoms. The molecule has 0 atom stereocenters. The van der Waals surface area contributed by atoms with Gasteiger partial charge in [0.15, 0.2) is 0 Å². The Morgan fingerprint density at radius 1 is 1.35 bits per heavy atom. The second-order valence-electron chi connectivity index (χ2n) is 8.06. The van der Waals surface area contributed by atoms with E-state index >= 15 is 0 Å². The molecular weight excluding hydrogens is 290 g/mol. The monoisotopic (exact) mass is 317 g/mol. The Bertz CT molecular complexity index is 589. The number of likely N-dealkylation sites (tertiary alicyclic amines) is 1. The normalized spacial score (nSPS) is 25.3. The third kappa shape index (κ3) is 2.80. The Hall–Kier alpha value is -1.36. The van der Waals surface area contributed by atoms with Crippen molar-refractivity contribution in [2.75, 3.05) is 13.1 Å². The number of nitrogens with zero attached hydrogens (tertiary/aromatic N) is 3. The van der Waals surface area contributed by atoms with Crippen LogP contribution in [0.15, 0.2) is 6.20 Å². The van der Waals surface area contributed by atoms with Crippen LogP contribution in [0.4, 0.5) is 0 Å². The molecular formula is C18H27N3O2. The first-order valence-corrected chi connectivity index (χ1v) is 9.02. The molecule has 23 heavy (non-hydrogen) atoms. The van der Waals surface area contributed by atoms with E-state index in [9.17, 15) is 4.79 Å². The van der Waals surface area contributed by atoms with Crippen molar-refractivity contribution in [1.29, 1.82) is 0 Å². The Kier molecular flexibility index (Phi) is 3.71. The molecule has 0 aromatic carbocycles. The highest BCUT2D eigenvalue weighted by Gasteiger charge is 2.48. The molecule has 0 unspecified atom stereocenters. The summed E-state index contributed by atoms with van der Waals surface area (Å²) in [6, 6.07) is 0. The van der Waals surface area contributed by atoms with E-state index in [1.165, 1.54) is 30.5 Å². The summed E-state index contributed by atoms with van der Waals surface area (Å²) in [5.41, 5.74) is 3.07. The Labute approximate surface area is 137 Å². The summed E-state index contributed by atoms with van der Waals surface area (Å²) >= 11 is 0. The second-order valence-corrected chi connectivity index (χ2v) is 8.06. The number of rotatable bonds is 4. The smallest absolute Gasteiger partial charge is 0.306 e. The summed E-state index contributed by atoms with van der Waals surface area (Å²) in [5.74, 6) is 0.00828. The van der Waals surface area contributed by atoms with Crippen molar-refractivity contribution < 1.29 is 9.90 Å². The number of hydrogen-bond donors (Lipinski definition) is 1. The van der Waals surface area contributed by atoms with Crippen molar-refractivity contribution in [1.82, 2.24) is 14.7 Å². The maximum Gasteiger partial charge on any atom is 0.306 e. The van der Waals surface area contributed by atoms with Crippen LogP contribution in [0.1, 0.15) is 62.1 Å². The van der Waals surface area contributed by atoms with Crippen LogP contribution in [0.25, 0.3) is 0 Å². The third-order valence-electron chi connectivity index (χ3n) is 6.45. The number of aryl methyl sites for hydroxylation is 1. The van der Waals surface area contributed by atoms with Crippen molar-refractivity contribution in [3.8, 4) is 0 Å². The molecule has 4 rings (SSSR count). The third-order valence-corrected chi connectivity index (χ3v) is 6.45. The van der Waals surface area contributed by atoms with Gasteiger partial charge in [-0.3, -0.25) is 14.4 Å². The molecule has 0 radical (unpaired) electrons. The summed E-state index contributed by atoms with van der Waals surface area (Å²) in [6.07, 6.45) is 10.3. The van der Waals surface area contributed by atoms with Crippen LogP contribution >= 0.6 is 0 Å². The van der Waals surface area contributed by atoms with Gasteiger partial charge in [0.2, 0.25) is 0 Å². The van der Waals surface area contributed by atoms with Gasteiger partial charge < -0.3 is 5.11 Å². The molecule has 0 amide bonds. The van der Waals surface area contributed by atoms with E-state index in [1.807, 2.05) is 11.7 Å². The second kappa shape index (κ2) is 5.62. The minimum absolute atomic E-state index is 0.0786. The zero-order chi connectivity index (χ0) is 16.0. The summed E-state index contributed by atoms with van der Waals surface area (Å²) in [6.45, 7) is 3.22. The van der Waals surface area contributed by atoms with Gasteiger partial charge in [-0.1, -0.05) is 6.42 Å². The van der Waals surface area contributed by atoms with Gasteiger partial charge in [0, 0.05) is 31.3 Å². The number of aromatic nitrogens is 2. The average molecular weight is 317 g/mol. The van der Waals surface area contributed by atoms with Gasteiger partial charge in [-0.25, -0.2) is 0 Å². The highest BCUT2D eigenvalue weighted by Crippen LogP contribution is 2.52. The van der Waals surface area contributed by atoms with Gasteiger partial charge in [-0.05, 0) is 57.0 Å². The average Bonchev–Trinajstić information content (AvgIpc) is 2.75. The van der Waals surface area contributed by atoms with E-state index in [1.54, 1.807) is 0 Å². The number of piperidine rings is 1. The van der Waals surface area contributed by atoms with Crippen LogP contribution in [-0.4, -0.2) is 38.8 Å². The summed E-state index contributed by atoms with van der Waals surface area (Å²) in [4.78, 5) is 13.6. The number of carboxylic acids is 1. The predicted molar refractivity (Wildman–Crippen MR) is 87.1 cm³/mol. The minimum Gasteiger partial charge on any atom is -0.481 e. The van der Waals surface area contributed by atoms with E-state index in [0.29, 0.717) is 11.3 Å². The van der Waals surface area contributed by atoms with Crippen LogP contribution in [0.2, 0.25) is 0 Å². The fourth-order valence-electron chi connectivity index (χ4n) is 4.70. The highest BCUT2D eigenvalue weighted by atomic mass is 16.4.